The number of alkyl halides is 1. The summed E-state index contributed by atoms with van der Waals surface area (Å²) in [6, 6.07) is 0. The molecular formula is C9H15ClO2. The molecule has 0 heterocycles. The smallest absolute Gasteiger partial charge is 0.326 e. The largest absolute Gasteiger partial charge is 0.464 e. The number of ether oxygens (including phenoxy) is 1. The van der Waals surface area contributed by atoms with Gasteiger partial charge in [0, 0.05) is 0 Å². The fourth-order valence-corrected chi connectivity index (χ4v) is 1.08. The lowest BCUT2D eigenvalue weighted by Crippen LogP contribution is -2.30. The zero-order chi connectivity index (χ0) is 9.19. The molecule has 1 fully saturated rings. The fourth-order valence-electron chi connectivity index (χ4n) is 1.02. The molecule has 2 nitrogen and oxygen atoms in total. The second-order valence-electron chi connectivity index (χ2n) is 3.87. The predicted molar refractivity (Wildman–Crippen MR) is 48.2 cm³/mol. The summed E-state index contributed by atoms with van der Waals surface area (Å²) in [6.45, 7) is 3.85. The summed E-state index contributed by atoms with van der Waals surface area (Å²) < 4.78 is 5.04. The third-order valence-electron chi connectivity index (χ3n) is 2.16. The summed E-state index contributed by atoms with van der Waals surface area (Å²) in [5, 5.41) is 0. The van der Waals surface area contributed by atoms with E-state index >= 15 is 0 Å². The number of carbonyl (C=O) groups excluding carboxylic acids is 1. The van der Waals surface area contributed by atoms with Crippen molar-refractivity contribution in [2.45, 2.75) is 38.0 Å². The number of halogens is 1. The SMILES string of the molecule is CC(C)(Cl)C(=O)OCC1CCC1. The van der Waals surface area contributed by atoms with Crippen molar-refractivity contribution in [2.24, 2.45) is 5.92 Å². The van der Waals surface area contributed by atoms with Gasteiger partial charge in [-0.25, -0.2) is 0 Å². The van der Waals surface area contributed by atoms with Crippen LogP contribution in [0.15, 0.2) is 0 Å². The second kappa shape index (κ2) is 3.65. The number of rotatable bonds is 3. The Bertz CT molecular complexity index is 168. The van der Waals surface area contributed by atoms with Crippen molar-refractivity contribution in [1.29, 1.82) is 0 Å². The van der Waals surface area contributed by atoms with Crippen molar-refractivity contribution in [3.63, 3.8) is 0 Å². The Labute approximate surface area is 78.2 Å². The highest BCUT2D eigenvalue weighted by Gasteiger charge is 2.28. The van der Waals surface area contributed by atoms with Gasteiger partial charge in [0.2, 0.25) is 0 Å². The topological polar surface area (TPSA) is 26.3 Å². The van der Waals surface area contributed by atoms with Crippen LogP contribution in [0.2, 0.25) is 0 Å². The highest BCUT2D eigenvalue weighted by Crippen LogP contribution is 2.27. The van der Waals surface area contributed by atoms with Gasteiger partial charge in [-0.15, -0.1) is 11.6 Å². The van der Waals surface area contributed by atoms with Crippen LogP contribution in [-0.2, 0) is 9.53 Å². The minimum Gasteiger partial charge on any atom is -0.464 e. The lowest BCUT2D eigenvalue weighted by molar-refractivity contribution is -0.148. The van der Waals surface area contributed by atoms with Crippen LogP contribution in [0.3, 0.4) is 0 Å². The summed E-state index contributed by atoms with van der Waals surface area (Å²) in [7, 11) is 0. The fraction of sp³-hybridized carbons (Fsp3) is 0.889. The van der Waals surface area contributed by atoms with Crippen LogP contribution in [0, 0.1) is 5.92 Å². The first kappa shape index (κ1) is 9.85. The maximum atomic E-state index is 11.2. The lowest BCUT2D eigenvalue weighted by Gasteiger charge is -2.25. The Hall–Kier alpha value is -0.240. The third-order valence-corrected chi connectivity index (χ3v) is 2.31. The van der Waals surface area contributed by atoms with E-state index in [2.05, 4.69) is 0 Å². The van der Waals surface area contributed by atoms with Crippen LogP contribution in [0.1, 0.15) is 33.1 Å². The number of hydrogen-bond acceptors (Lipinski definition) is 2. The van der Waals surface area contributed by atoms with E-state index in [-0.39, 0.29) is 5.97 Å². The normalized spacial score (nSPS) is 18.6. The first-order valence-electron chi connectivity index (χ1n) is 4.36. The molecule has 0 saturated heterocycles. The summed E-state index contributed by atoms with van der Waals surface area (Å²) in [4.78, 5) is 10.3. The molecule has 1 rings (SSSR count). The molecule has 70 valence electrons. The predicted octanol–water partition coefficient (Wildman–Crippen LogP) is 2.35. The minimum absolute atomic E-state index is 0.309. The van der Waals surface area contributed by atoms with Gasteiger partial charge < -0.3 is 4.74 Å². The van der Waals surface area contributed by atoms with E-state index in [0.29, 0.717) is 12.5 Å². The third kappa shape index (κ3) is 2.67. The number of carbonyl (C=O) groups is 1. The van der Waals surface area contributed by atoms with E-state index in [9.17, 15) is 4.79 Å². The maximum absolute atomic E-state index is 11.2. The van der Waals surface area contributed by atoms with E-state index in [0.717, 1.165) is 0 Å². The number of esters is 1. The van der Waals surface area contributed by atoms with Crippen LogP contribution in [-0.4, -0.2) is 17.5 Å². The van der Waals surface area contributed by atoms with Crippen LogP contribution in [0.5, 0.6) is 0 Å². The van der Waals surface area contributed by atoms with Crippen molar-refractivity contribution >= 4 is 17.6 Å². The first-order valence-corrected chi connectivity index (χ1v) is 4.74. The van der Waals surface area contributed by atoms with Gasteiger partial charge in [0.25, 0.3) is 0 Å². The first-order chi connectivity index (χ1) is 5.50. The highest BCUT2D eigenvalue weighted by atomic mass is 35.5. The monoisotopic (exact) mass is 190 g/mol. The molecule has 1 aliphatic carbocycles. The van der Waals surface area contributed by atoms with Gasteiger partial charge in [-0.05, 0) is 32.6 Å². The molecule has 0 aromatic heterocycles. The Kier molecular flexibility index (Phi) is 2.99. The van der Waals surface area contributed by atoms with E-state index in [1.165, 1.54) is 19.3 Å². The van der Waals surface area contributed by atoms with E-state index in [4.69, 9.17) is 16.3 Å². The summed E-state index contributed by atoms with van der Waals surface area (Å²) in [5.74, 6) is 0.282. The molecule has 1 aliphatic rings. The highest BCUT2D eigenvalue weighted by molar-refractivity contribution is 6.33. The molecule has 0 amide bonds. The van der Waals surface area contributed by atoms with E-state index < -0.39 is 4.87 Å². The lowest BCUT2D eigenvalue weighted by atomic mass is 9.86. The van der Waals surface area contributed by atoms with Crippen molar-refractivity contribution in [3.05, 3.63) is 0 Å². The van der Waals surface area contributed by atoms with Gasteiger partial charge in [0.05, 0.1) is 6.61 Å². The Balaban J connectivity index is 2.17. The second-order valence-corrected chi connectivity index (χ2v) is 4.81. The molecule has 12 heavy (non-hydrogen) atoms. The minimum atomic E-state index is -0.871. The van der Waals surface area contributed by atoms with Crippen molar-refractivity contribution in [2.75, 3.05) is 6.61 Å². The summed E-state index contributed by atoms with van der Waals surface area (Å²) in [5.41, 5.74) is 0. The van der Waals surface area contributed by atoms with Crippen molar-refractivity contribution in [1.82, 2.24) is 0 Å². The van der Waals surface area contributed by atoms with Crippen molar-refractivity contribution in [3.8, 4) is 0 Å². The van der Waals surface area contributed by atoms with Crippen LogP contribution in [0.25, 0.3) is 0 Å². The molecule has 0 aromatic rings. The Morgan fingerprint density at radius 2 is 2.17 bits per heavy atom. The molecule has 0 bridgehead atoms. The number of hydrogen-bond donors (Lipinski definition) is 0. The Morgan fingerprint density at radius 1 is 1.58 bits per heavy atom. The molecule has 1 saturated carbocycles. The summed E-state index contributed by atoms with van der Waals surface area (Å²) in [6.07, 6.45) is 3.65. The average molecular weight is 191 g/mol. The molecule has 0 atom stereocenters. The quantitative estimate of drug-likeness (QED) is 0.505. The Morgan fingerprint density at radius 3 is 2.50 bits per heavy atom. The van der Waals surface area contributed by atoms with Gasteiger partial charge in [-0.3, -0.25) is 4.79 Å². The molecule has 0 unspecified atom stereocenters. The zero-order valence-corrected chi connectivity index (χ0v) is 8.36. The molecular weight excluding hydrogens is 176 g/mol. The van der Waals surface area contributed by atoms with Gasteiger partial charge in [0.15, 0.2) is 0 Å². The maximum Gasteiger partial charge on any atom is 0.326 e. The van der Waals surface area contributed by atoms with Gasteiger partial charge in [0.1, 0.15) is 4.87 Å². The molecule has 3 heteroatoms. The van der Waals surface area contributed by atoms with Crippen molar-refractivity contribution < 1.29 is 9.53 Å². The van der Waals surface area contributed by atoms with Crippen LogP contribution >= 0.6 is 11.6 Å². The molecule has 0 aromatic carbocycles. The standard InChI is InChI=1S/C9H15ClO2/c1-9(2,10)8(11)12-6-7-4-3-5-7/h7H,3-6H2,1-2H3. The van der Waals surface area contributed by atoms with Crippen LogP contribution < -0.4 is 0 Å². The molecule has 0 spiro atoms. The zero-order valence-electron chi connectivity index (χ0n) is 7.60. The van der Waals surface area contributed by atoms with E-state index in [1.54, 1.807) is 13.8 Å². The van der Waals surface area contributed by atoms with Gasteiger partial charge in [-0.2, -0.15) is 0 Å². The van der Waals surface area contributed by atoms with Gasteiger partial charge >= 0.3 is 5.97 Å². The summed E-state index contributed by atoms with van der Waals surface area (Å²) >= 11 is 5.75. The molecule has 0 radical (unpaired) electrons. The van der Waals surface area contributed by atoms with Gasteiger partial charge in [-0.1, -0.05) is 6.42 Å². The van der Waals surface area contributed by atoms with E-state index in [1.807, 2.05) is 0 Å². The molecule has 0 N–H and O–H groups in total. The van der Waals surface area contributed by atoms with Crippen LogP contribution in [0.4, 0.5) is 0 Å². The average Bonchev–Trinajstić information content (AvgIpc) is 1.81. The molecule has 0 aliphatic heterocycles.